The van der Waals surface area contributed by atoms with Crippen molar-refractivity contribution >= 4 is 40.0 Å². The second kappa shape index (κ2) is 7.62. The first-order valence-corrected chi connectivity index (χ1v) is 9.06. The van der Waals surface area contributed by atoms with Gasteiger partial charge in [-0.05, 0) is 24.3 Å². The lowest BCUT2D eigenvalue weighted by molar-refractivity contribution is 0.0978. The lowest BCUT2D eigenvalue weighted by Gasteiger charge is -2.07. The van der Waals surface area contributed by atoms with Crippen LogP contribution in [-0.2, 0) is 0 Å². The van der Waals surface area contributed by atoms with E-state index in [1.165, 1.54) is 0 Å². The number of aliphatic hydroxyl groups excluding tert-OH is 1. The molecular formula is C21H12N4O4S. The summed E-state index contributed by atoms with van der Waals surface area (Å²) in [6.45, 7) is 0. The van der Waals surface area contributed by atoms with Crippen LogP contribution in [0.3, 0.4) is 0 Å². The van der Waals surface area contributed by atoms with Crippen molar-refractivity contribution in [1.82, 2.24) is 15.1 Å². The Kier molecular flexibility index (Phi) is 4.83. The van der Waals surface area contributed by atoms with E-state index >= 15 is 0 Å². The molecule has 0 fully saturated rings. The number of nitriles is 1. The summed E-state index contributed by atoms with van der Waals surface area (Å²) in [7, 11) is 0. The molecule has 4 rings (SSSR count). The summed E-state index contributed by atoms with van der Waals surface area (Å²) in [6, 6.07) is 18.5. The van der Waals surface area contributed by atoms with Crippen molar-refractivity contribution in [3.63, 3.8) is 0 Å². The number of carbonyl (C=O) groups excluding carboxylic acids is 1. The van der Waals surface area contributed by atoms with Gasteiger partial charge in [0.05, 0.1) is 0 Å². The molecule has 2 heterocycles. The quantitative estimate of drug-likeness (QED) is 0.228. The van der Waals surface area contributed by atoms with Gasteiger partial charge < -0.3 is 14.8 Å². The second-order valence-electron chi connectivity index (χ2n) is 6.18. The third kappa shape index (κ3) is 3.32. The Bertz CT molecular complexity index is 1400. The Morgan fingerprint density at radius 3 is 2.60 bits per heavy atom. The Labute approximate surface area is 174 Å². The molecule has 0 saturated heterocycles. The molecule has 2 N–H and O–H groups in total. The zero-order valence-electron chi connectivity index (χ0n) is 15.2. The number of thiocarbonyl (C=S) groups is 1. The first kappa shape index (κ1) is 19.0. The number of aliphatic hydroxyl groups is 1. The molecule has 146 valence electrons. The van der Waals surface area contributed by atoms with E-state index in [2.05, 4.69) is 10.4 Å². The van der Waals surface area contributed by atoms with Crippen LogP contribution in [0, 0.1) is 11.3 Å². The summed E-state index contributed by atoms with van der Waals surface area (Å²) in [6.07, 6.45) is 0. The van der Waals surface area contributed by atoms with Crippen LogP contribution in [0.4, 0.5) is 0 Å². The van der Waals surface area contributed by atoms with Gasteiger partial charge in [-0.25, -0.2) is 0 Å². The SMILES string of the molecule is N#C/C(C(=S)NC(=O)c1ccccc1)=C(\O)n1nc2oc3ccccc3cc-2c1=O. The van der Waals surface area contributed by atoms with Crippen molar-refractivity contribution < 1.29 is 14.3 Å². The van der Waals surface area contributed by atoms with Crippen molar-refractivity contribution in [2.24, 2.45) is 0 Å². The van der Waals surface area contributed by atoms with Crippen molar-refractivity contribution in [2.45, 2.75) is 0 Å². The van der Waals surface area contributed by atoms with Crippen LogP contribution in [-0.4, -0.2) is 25.8 Å². The third-order valence-corrected chi connectivity index (χ3v) is 4.60. The molecule has 0 radical (unpaired) electrons. The maximum absolute atomic E-state index is 12.7. The average Bonchev–Trinajstić information content (AvgIpc) is 3.08. The van der Waals surface area contributed by atoms with Gasteiger partial charge in [0.25, 0.3) is 11.5 Å². The summed E-state index contributed by atoms with van der Waals surface area (Å²) in [5.41, 5.74) is -0.233. The molecule has 2 aromatic carbocycles. The lowest BCUT2D eigenvalue weighted by Crippen LogP contribution is -2.31. The molecule has 0 unspecified atom stereocenters. The maximum Gasteiger partial charge on any atom is 0.287 e. The highest BCUT2D eigenvalue weighted by Crippen LogP contribution is 2.24. The van der Waals surface area contributed by atoms with Crippen LogP contribution < -0.4 is 10.9 Å². The Hall–Kier alpha value is -4.29. The molecule has 0 bridgehead atoms. The van der Waals surface area contributed by atoms with Gasteiger partial charge in [-0.3, -0.25) is 9.59 Å². The predicted molar refractivity (Wildman–Crippen MR) is 113 cm³/mol. The molecule has 2 aromatic rings. The Balaban J connectivity index is 1.74. The number of nitrogens with zero attached hydrogens (tertiary/aromatic N) is 3. The second-order valence-corrected chi connectivity index (χ2v) is 6.59. The van der Waals surface area contributed by atoms with Gasteiger partial charge in [-0.2, -0.15) is 9.94 Å². The van der Waals surface area contributed by atoms with Gasteiger partial charge in [0.2, 0.25) is 11.8 Å². The summed E-state index contributed by atoms with van der Waals surface area (Å²) >= 11 is 5.08. The highest BCUT2D eigenvalue weighted by molar-refractivity contribution is 7.80. The number of aromatic nitrogens is 2. The number of hydrogen-bond donors (Lipinski definition) is 2. The van der Waals surface area contributed by atoms with E-state index in [-0.39, 0.29) is 16.4 Å². The van der Waals surface area contributed by atoms with Crippen molar-refractivity contribution in [2.75, 3.05) is 0 Å². The van der Waals surface area contributed by atoms with Crippen LogP contribution in [0.2, 0.25) is 0 Å². The number of para-hydroxylation sites is 1. The van der Waals surface area contributed by atoms with Crippen molar-refractivity contribution in [3.05, 3.63) is 82.2 Å². The fourth-order valence-corrected chi connectivity index (χ4v) is 3.06. The highest BCUT2D eigenvalue weighted by atomic mass is 32.1. The molecule has 0 aliphatic carbocycles. The van der Waals surface area contributed by atoms with Crippen molar-refractivity contribution in [1.29, 1.82) is 5.26 Å². The monoisotopic (exact) mass is 416 g/mol. The normalized spacial score (nSPS) is 11.7. The fraction of sp³-hybridized carbons (Fsp3) is 0. The molecule has 2 aliphatic heterocycles. The fourth-order valence-electron chi connectivity index (χ4n) is 2.83. The van der Waals surface area contributed by atoms with Gasteiger partial charge >= 0.3 is 0 Å². The smallest absolute Gasteiger partial charge is 0.287 e. The minimum Gasteiger partial charge on any atom is -0.492 e. The van der Waals surface area contributed by atoms with Gasteiger partial charge in [0, 0.05) is 10.9 Å². The number of nitrogens with one attached hydrogen (secondary N) is 1. The predicted octanol–water partition coefficient (Wildman–Crippen LogP) is 3.10. The van der Waals surface area contributed by atoms with Gasteiger partial charge in [-0.15, -0.1) is 5.10 Å². The minimum atomic E-state index is -0.809. The molecule has 2 aliphatic rings. The molecule has 9 heteroatoms. The largest absolute Gasteiger partial charge is 0.492 e. The molecule has 1 amide bonds. The van der Waals surface area contributed by atoms with E-state index in [1.807, 2.05) is 0 Å². The van der Waals surface area contributed by atoms with Crippen molar-refractivity contribution in [3.8, 4) is 17.5 Å². The van der Waals surface area contributed by atoms with Crippen LogP contribution in [0.15, 0.2) is 75.4 Å². The number of amides is 1. The highest BCUT2D eigenvalue weighted by Gasteiger charge is 2.24. The number of benzene rings is 2. The molecule has 0 spiro atoms. The van der Waals surface area contributed by atoms with E-state index in [9.17, 15) is 20.0 Å². The van der Waals surface area contributed by atoms with E-state index in [4.69, 9.17) is 16.6 Å². The maximum atomic E-state index is 12.7. The van der Waals surface area contributed by atoms with Crippen LogP contribution in [0.5, 0.6) is 0 Å². The number of hydrogen-bond acceptors (Lipinski definition) is 7. The summed E-state index contributed by atoms with van der Waals surface area (Å²) in [5.74, 6) is -1.38. The first-order chi connectivity index (χ1) is 14.5. The lowest BCUT2D eigenvalue weighted by atomic mass is 10.2. The zero-order valence-corrected chi connectivity index (χ0v) is 16.0. The van der Waals surface area contributed by atoms with Gasteiger partial charge in [0.15, 0.2) is 0 Å². The summed E-state index contributed by atoms with van der Waals surface area (Å²) in [4.78, 5) is 24.6. The summed E-state index contributed by atoms with van der Waals surface area (Å²) in [5, 5.41) is 27.0. The van der Waals surface area contributed by atoms with E-state index in [1.54, 1.807) is 66.7 Å². The molecule has 8 nitrogen and oxygen atoms in total. The van der Waals surface area contributed by atoms with Crippen LogP contribution in [0.1, 0.15) is 10.4 Å². The first-order valence-electron chi connectivity index (χ1n) is 8.65. The Morgan fingerprint density at radius 2 is 1.87 bits per heavy atom. The van der Waals surface area contributed by atoms with Gasteiger partial charge in [-0.1, -0.05) is 48.6 Å². The summed E-state index contributed by atoms with van der Waals surface area (Å²) < 4.78 is 6.22. The Morgan fingerprint density at radius 1 is 1.17 bits per heavy atom. The molecular weight excluding hydrogens is 404 g/mol. The minimum absolute atomic E-state index is 0.0122. The number of carbonyl (C=O) groups is 1. The zero-order chi connectivity index (χ0) is 21.3. The molecule has 0 aromatic heterocycles. The van der Waals surface area contributed by atoms with Crippen LogP contribution in [0.25, 0.3) is 28.3 Å². The van der Waals surface area contributed by atoms with Gasteiger partial charge in [0.1, 0.15) is 27.8 Å². The number of fused-ring (bicyclic) bond motifs is 2. The standard InChI is InChI=1S/C21H12N4O4S/c22-11-15(19(30)23-17(26)12-6-2-1-3-7-12)21(28)25-20(27)14-10-13-8-4-5-9-16(13)29-18(14)24-25/h1-10,28H,(H,23,26,30)/b21-15+. The molecule has 0 atom stereocenters. The molecule has 0 saturated carbocycles. The van der Waals surface area contributed by atoms with E-state index in [0.29, 0.717) is 21.2 Å². The average molecular weight is 416 g/mol. The topological polar surface area (TPSA) is 121 Å². The van der Waals surface area contributed by atoms with E-state index < -0.39 is 22.9 Å². The van der Waals surface area contributed by atoms with E-state index in [0.717, 1.165) is 0 Å². The third-order valence-electron chi connectivity index (χ3n) is 4.30. The van der Waals surface area contributed by atoms with Crippen LogP contribution >= 0.6 is 12.2 Å². The number of rotatable bonds is 3. The molecule has 30 heavy (non-hydrogen) atoms.